The molecule has 0 saturated heterocycles. The fraction of sp³-hybridized carbons (Fsp3) is 0.684. The molecule has 2 nitrogen and oxygen atoms in total. The van der Waals surface area contributed by atoms with Crippen LogP contribution in [0.5, 0.6) is 0 Å². The van der Waals surface area contributed by atoms with Crippen LogP contribution in [0, 0.1) is 26.7 Å². The number of aliphatic hydroxyl groups is 1. The molecule has 1 aliphatic carbocycles. The fourth-order valence-corrected chi connectivity index (χ4v) is 3.80. The largest absolute Gasteiger partial charge is 0.389 e. The van der Waals surface area contributed by atoms with E-state index >= 15 is 0 Å². The van der Waals surface area contributed by atoms with Gasteiger partial charge >= 0.3 is 0 Å². The van der Waals surface area contributed by atoms with Gasteiger partial charge in [-0.05, 0) is 76.0 Å². The van der Waals surface area contributed by atoms with Crippen molar-refractivity contribution in [1.82, 2.24) is 5.32 Å². The first-order valence-electron chi connectivity index (χ1n) is 8.34. The molecule has 0 heterocycles. The summed E-state index contributed by atoms with van der Waals surface area (Å²) in [6, 6.07) is 4.78. The Labute approximate surface area is 130 Å². The van der Waals surface area contributed by atoms with Gasteiger partial charge in [0.1, 0.15) is 0 Å². The molecule has 1 aliphatic rings. The standard InChI is InChI=1S/C19H31NO/c1-13-6-8-19(21,9-7-13)12-20-17(5)18-15(3)10-14(2)11-16(18)4/h10-11,13,17,20-21H,6-9,12H2,1-5H3. The molecule has 0 aromatic heterocycles. The normalized spacial score (nSPS) is 27.6. The van der Waals surface area contributed by atoms with Crippen molar-refractivity contribution in [1.29, 1.82) is 0 Å². The second kappa shape index (κ2) is 6.50. The highest BCUT2D eigenvalue weighted by atomic mass is 16.3. The smallest absolute Gasteiger partial charge is 0.0772 e. The maximum atomic E-state index is 10.7. The van der Waals surface area contributed by atoms with E-state index < -0.39 is 5.60 Å². The van der Waals surface area contributed by atoms with E-state index in [9.17, 15) is 5.11 Å². The first-order chi connectivity index (χ1) is 9.81. The lowest BCUT2D eigenvalue weighted by atomic mass is 9.79. The number of benzene rings is 1. The van der Waals surface area contributed by atoms with Crippen LogP contribution in [0.1, 0.15) is 67.8 Å². The van der Waals surface area contributed by atoms with Crippen molar-refractivity contribution in [2.45, 2.75) is 71.9 Å². The topological polar surface area (TPSA) is 32.3 Å². The van der Waals surface area contributed by atoms with E-state index in [0.29, 0.717) is 6.54 Å². The highest BCUT2D eigenvalue weighted by molar-refractivity contribution is 5.39. The predicted octanol–water partition coefficient (Wildman–Crippen LogP) is 4.20. The minimum atomic E-state index is -0.507. The van der Waals surface area contributed by atoms with E-state index in [2.05, 4.69) is 52.1 Å². The molecule has 1 saturated carbocycles. The van der Waals surface area contributed by atoms with Gasteiger partial charge < -0.3 is 10.4 Å². The molecule has 118 valence electrons. The molecular weight excluding hydrogens is 258 g/mol. The molecule has 2 heteroatoms. The lowest BCUT2D eigenvalue weighted by molar-refractivity contribution is -0.00786. The van der Waals surface area contributed by atoms with Crippen LogP contribution in [0.2, 0.25) is 0 Å². The average molecular weight is 289 g/mol. The Kier molecular flexibility index (Phi) is 5.11. The van der Waals surface area contributed by atoms with Crippen molar-refractivity contribution in [3.05, 3.63) is 34.4 Å². The zero-order valence-electron chi connectivity index (χ0n) is 14.3. The van der Waals surface area contributed by atoms with Crippen molar-refractivity contribution < 1.29 is 5.11 Å². The third-order valence-corrected chi connectivity index (χ3v) is 5.11. The molecule has 0 radical (unpaired) electrons. The van der Waals surface area contributed by atoms with Crippen LogP contribution in [0.3, 0.4) is 0 Å². The Balaban J connectivity index is 2.00. The SMILES string of the molecule is Cc1cc(C)c(C(C)NCC2(O)CCC(C)CC2)c(C)c1. The van der Waals surface area contributed by atoms with E-state index in [1.807, 2.05) is 0 Å². The van der Waals surface area contributed by atoms with Crippen LogP contribution in [-0.2, 0) is 0 Å². The Morgan fingerprint density at radius 2 is 1.71 bits per heavy atom. The Hall–Kier alpha value is -0.860. The molecule has 2 rings (SSSR count). The number of rotatable bonds is 4. The molecule has 1 aromatic rings. The molecule has 1 aromatic carbocycles. The maximum Gasteiger partial charge on any atom is 0.0772 e. The van der Waals surface area contributed by atoms with Gasteiger partial charge in [0.25, 0.3) is 0 Å². The molecule has 1 unspecified atom stereocenters. The summed E-state index contributed by atoms with van der Waals surface area (Å²) in [7, 11) is 0. The van der Waals surface area contributed by atoms with Gasteiger partial charge in [0.05, 0.1) is 5.60 Å². The molecule has 1 atom stereocenters. The minimum absolute atomic E-state index is 0.286. The summed E-state index contributed by atoms with van der Waals surface area (Å²) in [5, 5.41) is 14.3. The summed E-state index contributed by atoms with van der Waals surface area (Å²) < 4.78 is 0. The molecule has 0 aliphatic heterocycles. The summed E-state index contributed by atoms with van der Waals surface area (Å²) in [4.78, 5) is 0. The lowest BCUT2D eigenvalue weighted by Gasteiger charge is -2.36. The first-order valence-corrected chi connectivity index (χ1v) is 8.34. The van der Waals surface area contributed by atoms with Gasteiger partial charge in [-0.25, -0.2) is 0 Å². The zero-order chi connectivity index (χ0) is 15.6. The third kappa shape index (κ3) is 4.08. The van der Waals surface area contributed by atoms with Crippen LogP contribution < -0.4 is 5.32 Å². The Morgan fingerprint density at radius 1 is 1.19 bits per heavy atom. The summed E-state index contributed by atoms with van der Waals surface area (Å²) in [5.41, 5.74) is 4.88. The maximum absolute atomic E-state index is 10.7. The van der Waals surface area contributed by atoms with Crippen LogP contribution in [0.15, 0.2) is 12.1 Å². The Bertz CT molecular complexity index is 463. The molecular formula is C19H31NO. The number of hydrogen-bond donors (Lipinski definition) is 2. The van der Waals surface area contributed by atoms with Gasteiger partial charge in [0.2, 0.25) is 0 Å². The van der Waals surface area contributed by atoms with Gasteiger partial charge in [0.15, 0.2) is 0 Å². The van der Waals surface area contributed by atoms with E-state index in [1.54, 1.807) is 0 Å². The minimum Gasteiger partial charge on any atom is -0.389 e. The second-order valence-corrected chi connectivity index (χ2v) is 7.32. The van der Waals surface area contributed by atoms with Crippen molar-refractivity contribution in [3.8, 4) is 0 Å². The molecule has 21 heavy (non-hydrogen) atoms. The van der Waals surface area contributed by atoms with E-state index in [0.717, 1.165) is 31.6 Å². The van der Waals surface area contributed by atoms with Crippen molar-refractivity contribution >= 4 is 0 Å². The van der Waals surface area contributed by atoms with Gasteiger partial charge in [-0.2, -0.15) is 0 Å². The van der Waals surface area contributed by atoms with Crippen LogP contribution in [0.4, 0.5) is 0 Å². The molecule has 0 spiro atoms. The van der Waals surface area contributed by atoms with E-state index in [4.69, 9.17) is 0 Å². The number of aryl methyl sites for hydroxylation is 3. The molecule has 0 amide bonds. The predicted molar refractivity (Wildman–Crippen MR) is 89.7 cm³/mol. The number of hydrogen-bond acceptors (Lipinski definition) is 2. The van der Waals surface area contributed by atoms with E-state index in [-0.39, 0.29) is 6.04 Å². The van der Waals surface area contributed by atoms with E-state index in [1.165, 1.54) is 22.3 Å². The quantitative estimate of drug-likeness (QED) is 0.870. The highest BCUT2D eigenvalue weighted by Crippen LogP contribution is 2.32. The first kappa shape index (κ1) is 16.5. The van der Waals surface area contributed by atoms with Crippen molar-refractivity contribution in [3.63, 3.8) is 0 Å². The summed E-state index contributed by atoms with van der Waals surface area (Å²) in [6.07, 6.45) is 4.16. The van der Waals surface area contributed by atoms with Gasteiger partial charge in [-0.15, -0.1) is 0 Å². The van der Waals surface area contributed by atoms with Gasteiger partial charge in [0, 0.05) is 12.6 Å². The Morgan fingerprint density at radius 3 is 2.24 bits per heavy atom. The van der Waals surface area contributed by atoms with Crippen LogP contribution >= 0.6 is 0 Å². The van der Waals surface area contributed by atoms with Crippen molar-refractivity contribution in [2.24, 2.45) is 5.92 Å². The van der Waals surface area contributed by atoms with Crippen LogP contribution in [-0.4, -0.2) is 17.3 Å². The van der Waals surface area contributed by atoms with Crippen LogP contribution in [0.25, 0.3) is 0 Å². The lowest BCUT2D eigenvalue weighted by Crippen LogP contribution is -2.44. The number of nitrogens with one attached hydrogen (secondary N) is 1. The zero-order valence-corrected chi connectivity index (χ0v) is 14.3. The molecule has 1 fully saturated rings. The van der Waals surface area contributed by atoms with Crippen molar-refractivity contribution in [2.75, 3.05) is 6.54 Å². The highest BCUT2D eigenvalue weighted by Gasteiger charge is 2.32. The molecule has 2 N–H and O–H groups in total. The monoisotopic (exact) mass is 289 g/mol. The third-order valence-electron chi connectivity index (χ3n) is 5.11. The summed E-state index contributed by atoms with van der Waals surface area (Å²) >= 11 is 0. The summed E-state index contributed by atoms with van der Waals surface area (Å²) in [6.45, 7) is 11.7. The second-order valence-electron chi connectivity index (χ2n) is 7.32. The fourth-order valence-electron chi connectivity index (χ4n) is 3.80. The van der Waals surface area contributed by atoms with Gasteiger partial charge in [-0.3, -0.25) is 0 Å². The van der Waals surface area contributed by atoms with Gasteiger partial charge in [-0.1, -0.05) is 24.6 Å². The summed E-state index contributed by atoms with van der Waals surface area (Å²) in [5.74, 6) is 0.768. The molecule has 0 bridgehead atoms. The average Bonchev–Trinajstić information content (AvgIpc) is 2.39.